The van der Waals surface area contributed by atoms with E-state index in [1.807, 2.05) is 19.1 Å². The predicted octanol–water partition coefficient (Wildman–Crippen LogP) is 4.24. The average Bonchev–Trinajstić information content (AvgIpc) is 3.11. The Morgan fingerprint density at radius 3 is 2.87 bits per heavy atom. The maximum atomic E-state index is 5.95. The molecule has 7 heteroatoms. The number of nitrogens with two attached hydrogens (primary N) is 1. The number of hydrogen-bond donors (Lipinski definition) is 2. The maximum Gasteiger partial charge on any atom is 0.135 e. The van der Waals surface area contributed by atoms with Gasteiger partial charge in [-0.25, -0.2) is 15.0 Å². The Morgan fingerprint density at radius 2 is 2.09 bits per heavy atom. The van der Waals surface area contributed by atoms with Gasteiger partial charge in [0.15, 0.2) is 0 Å². The van der Waals surface area contributed by atoms with E-state index in [4.69, 9.17) is 5.73 Å². The van der Waals surface area contributed by atoms with Crippen molar-refractivity contribution in [2.24, 2.45) is 0 Å². The van der Waals surface area contributed by atoms with Crippen LogP contribution in [-0.4, -0.2) is 19.9 Å². The Kier molecular flexibility index (Phi) is 3.53. The number of aryl methyl sites for hydroxylation is 1. The second kappa shape index (κ2) is 5.57. The van der Waals surface area contributed by atoms with Crippen LogP contribution in [0.25, 0.3) is 32.0 Å². The lowest BCUT2D eigenvalue weighted by atomic mass is 10.1. The predicted molar refractivity (Wildman–Crippen MR) is 102 cm³/mol. The third kappa shape index (κ3) is 2.59. The number of aromatic amines is 1. The molecule has 3 aromatic heterocycles. The lowest BCUT2D eigenvalue weighted by Gasteiger charge is -2.01. The summed E-state index contributed by atoms with van der Waals surface area (Å²) in [7, 11) is 0. The summed E-state index contributed by atoms with van der Waals surface area (Å²) in [5, 5.41) is 0.883. The molecule has 0 fully saturated rings. The molecule has 0 amide bonds. The maximum absolute atomic E-state index is 5.95. The van der Waals surface area contributed by atoms with Crippen molar-refractivity contribution in [1.82, 2.24) is 19.9 Å². The van der Waals surface area contributed by atoms with Crippen molar-refractivity contribution in [2.45, 2.75) is 6.92 Å². The monoisotopic (exact) mass is 433 g/mol. The molecule has 0 atom stereocenters. The molecule has 0 aliphatic rings. The molecular weight excluding hydrogens is 421 g/mol. The molecule has 0 saturated carbocycles. The minimum absolute atomic E-state index is 0.504. The van der Waals surface area contributed by atoms with Gasteiger partial charge in [0.25, 0.3) is 0 Å². The van der Waals surface area contributed by atoms with Crippen LogP contribution >= 0.6 is 33.9 Å². The van der Waals surface area contributed by atoms with E-state index in [0.29, 0.717) is 5.82 Å². The van der Waals surface area contributed by atoms with Crippen LogP contribution in [0.2, 0.25) is 0 Å². The van der Waals surface area contributed by atoms with Crippen molar-refractivity contribution in [3.05, 3.63) is 46.1 Å². The Hall–Kier alpha value is -2.00. The summed E-state index contributed by atoms with van der Waals surface area (Å²) in [6, 6.07) is 10.3. The smallest absolute Gasteiger partial charge is 0.135 e. The highest BCUT2D eigenvalue weighted by Crippen LogP contribution is 2.38. The largest absolute Gasteiger partial charge is 0.383 e. The molecule has 4 rings (SSSR count). The Labute approximate surface area is 150 Å². The lowest BCUT2D eigenvalue weighted by Crippen LogP contribution is -1.89. The number of aromatic nitrogens is 4. The summed E-state index contributed by atoms with van der Waals surface area (Å²) in [5.41, 5.74) is 8.98. The fraction of sp³-hybridized carbons (Fsp3) is 0.0625. The molecule has 0 spiro atoms. The van der Waals surface area contributed by atoms with E-state index in [2.05, 4.69) is 60.7 Å². The van der Waals surface area contributed by atoms with Gasteiger partial charge in [0.2, 0.25) is 0 Å². The number of fused-ring (bicyclic) bond motifs is 1. The van der Waals surface area contributed by atoms with E-state index in [1.165, 1.54) is 9.90 Å². The van der Waals surface area contributed by atoms with Crippen molar-refractivity contribution in [3.63, 3.8) is 0 Å². The highest BCUT2D eigenvalue weighted by atomic mass is 127. The van der Waals surface area contributed by atoms with Crippen molar-refractivity contribution in [1.29, 1.82) is 0 Å². The number of nitrogen functional groups attached to an aromatic ring is 1. The highest BCUT2D eigenvalue weighted by Gasteiger charge is 2.16. The number of rotatable bonds is 2. The lowest BCUT2D eigenvalue weighted by molar-refractivity contribution is 1.15. The zero-order chi connectivity index (χ0) is 16.0. The summed E-state index contributed by atoms with van der Waals surface area (Å²) in [6.07, 6.45) is 1.50. The van der Waals surface area contributed by atoms with Crippen molar-refractivity contribution < 1.29 is 0 Å². The SMILES string of the molecule is Cc1nc(-c2cccc(I)c2)c(-c2cc3c(N)ncnc3s2)[nH]1. The number of imidazole rings is 1. The van der Waals surface area contributed by atoms with Crippen LogP contribution in [-0.2, 0) is 0 Å². The molecule has 0 aliphatic carbocycles. The minimum atomic E-state index is 0.504. The van der Waals surface area contributed by atoms with Crippen LogP contribution in [0.3, 0.4) is 0 Å². The van der Waals surface area contributed by atoms with Crippen LogP contribution in [0.5, 0.6) is 0 Å². The molecule has 3 N–H and O–H groups in total. The van der Waals surface area contributed by atoms with Gasteiger partial charge in [0.1, 0.15) is 22.8 Å². The van der Waals surface area contributed by atoms with E-state index < -0.39 is 0 Å². The summed E-state index contributed by atoms with van der Waals surface area (Å²) in [5.74, 6) is 1.38. The molecule has 114 valence electrons. The number of H-pyrrole nitrogens is 1. The van der Waals surface area contributed by atoms with Crippen molar-refractivity contribution in [3.8, 4) is 21.8 Å². The first-order chi connectivity index (χ1) is 11.1. The highest BCUT2D eigenvalue weighted by molar-refractivity contribution is 14.1. The summed E-state index contributed by atoms with van der Waals surface area (Å²) < 4.78 is 1.18. The third-order valence-corrected chi connectivity index (χ3v) is 5.26. The summed E-state index contributed by atoms with van der Waals surface area (Å²) in [6.45, 7) is 1.96. The van der Waals surface area contributed by atoms with Crippen LogP contribution in [0, 0.1) is 10.5 Å². The van der Waals surface area contributed by atoms with Crippen LogP contribution in [0.1, 0.15) is 5.82 Å². The molecule has 23 heavy (non-hydrogen) atoms. The molecule has 4 aromatic rings. The van der Waals surface area contributed by atoms with Gasteiger partial charge in [-0.2, -0.15) is 0 Å². The van der Waals surface area contributed by atoms with Gasteiger partial charge in [-0.3, -0.25) is 0 Å². The van der Waals surface area contributed by atoms with E-state index in [1.54, 1.807) is 11.3 Å². The van der Waals surface area contributed by atoms with Gasteiger partial charge in [-0.1, -0.05) is 12.1 Å². The number of halogens is 1. The van der Waals surface area contributed by atoms with Gasteiger partial charge in [0, 0.05) is 9.13 Å². The van der Waals surface area contributed by atoms with Crippen LogP contribution in [0.4, 0.5) is 5.82 Å². The molecule has 3 heterocycles. The van der Waals surface area contributed by atoms with E-state index in [0.717, 1.165) is 37.9 Å². The van der Waals surface area contributed by atoms with Crippen LogP contribution < -0.4 is 5.73 Å². The van der Waals surface area contributed by atoms with Gasteiger partial charge in [-0.15, -0.1) is 11.3 Å². The second-order valence-electron chi connectivity index (χ2n) is 5.14. The molecular formula is C16H12IN5S. The number of hydrogen-bond acceptors (Lipinski definition) is 5. The quantitative estimate of drug-likeness (QED) is 0.464. The molecule has 5 nitrogen and oxygen atoms in total. The number of anilines is 1. The second-order valence-corrected chi connectivity index (χ2v) is 7.42. The summed E-state index contributed by atoms with van der Waals surface area (Å²) in [4.78, 5) is 18.3. The van der Waals surface area contributed by atoms with E-state index in [-0.39, 0.29) is 0 Å². The minimum Gasteiger partial charge on any atom is -0.383 e. The first kappa shape index (κ1) is 14.6. The fourth-order valence-electron chi connectivity index (χ4n) is 2.51. The van der Waals surface area contributed by atoms with Crippen LogP contribution in [0.15, 0.2) is 36.7 Å². The van der Waals surface area contributed by atoms with Crippen molar-refractivity contribution >= 4 is 50.0 Å². The first-order valence-electron chi connectivity index (χ1n) is 6.95. The average molecular weight is 433 g/mol. The number of thiophene rings is 1. The standard InChI is InChI=1S/C16H12IN5S/c1-8-21-13(9-3-2-4-10(17)5-9)14(22-8)12-6-11-15(18)19-7-20-16(11)23-12/h2-7H,1H3,(H,21,22)(H2,18,19,20). The number of nitrogens with zero attached hydrogens (tertiary/aromatic N) is 3. The number of nitrogens with one attached hydrogen (secondary N) is 1. The Balaban J connectivity index is 1.93. The normalized spacial score (nSPS) is 11.2. The third-order valence-electron chi connectivity index (χ3n) is 3.53. The zero-order valence-electron chi connectivity index (χ0n) is 12.2. The summed E-state index contributed by atoms with van der Waals surface area (Å²) >= 11 is 3.90. The molecule has 0 aliphatic heterocycles. The fourth-order valence-corrected chi connectivity index (χ4v) is 4.06. The van der Waals surface area contributed by atoms with Gasteiger partial charge in [0.05, 0.1) is 21.7 Å². The molecule has 1 aromatic carbocycles. The molecule has 0 bridgehead atoms. The van der Waals surface area contributed by atoms with Crippen molar-refractivity contribution in [2.75, 3.05) is 5.73 Å². The number of benzene rings is 1. The molecule has 0 saturated heterocycles. The molecule has 0 unspecified atom stereocenters. The van der Waals surface area contributed by atoms with Gasteiger partial charge < -0.3 is 10.7 Å². The zero-order valence-corrected chi connectivity index (χ0v) is 15.1. The Bertz CT molecular complexity index is 1020. The Morgan fingerprint density at radius 1 is 1.22 bits per heavy atom. The van der Waals surface area contributed by atoms with Gasteiger partial charge >= 0.3 is 0 Å². The van der Waals surface area contributed by atoms with Gasteiger partial charge in [-0.05, 0) is 47.7 Å². The van der Waals surface area contributed by atoms with E-state index in [9.17, 15) is 0 Å². The first-order valence-corrected chi connectivity index (χ1v) is 8.84. The topological polar surface area (TPSA) is 80.5 Å². The molecule has 0 radical (unpaired) electrons. The van der Waals surface area contributed by atoms with E-state index >= 15 is 0 Å².